The Morgan fingerprint density at radius 1 is 1.32 bits per heavy atom. The highest BCUT2D eigenvalue weighted by Gasteiger charge is 2.46. The average Bonchev–Trinajstić information content (AvgIpc) is 3.23. The molecule has 1 aromatic carbocycles. The van der Waals surface area contributed by atoms with Crippen LogP contribution in [-0.4, -0.2) is 42.1 Å². The highest BCUT2D eigenvalue weighted by Crippen LogP contribution is 2.46. The van der Waals surface area contributed by atoms with Crippen LogP contribution in [0.3, 0.4) is 0 Å². The molecule has 2 heterocycles. The Labute approximate surface area is 149 Å². The predicted molar refractivity (Wildman–Crippen MR) is 99.5 cm³/mol. The summed E-state index contributed by atoms with van der Waals surface area (Å²) in [6.45, 7) is 1.79. The van der Waals surface area contributed by atoms with Gasteiger partial charge in [0.05, 0.1) is 6.10 Å². The molecule has 0 bridgehead atoms. The number of piperidine rings is 1. The van der Waals surface area contributed by atoms with Crippen molar-refractivity contribution >= 4 is 16.8 Å². The van der Waals surface area contributed by atoms with Crippen LogP contribution in [0.15, 0.2) is 30.5 Å². The van der Waals surface area contributed by atoms with Crippen LogP contribution in [-0.2, 0) is 16.0 Å². The van der Waals surface area contributed by atoms with Gasteiger partial charge >= 0.3 is 0 Å². The molecule has 1 N–H and O–H groups in total. The number of benzene rings is 1. The van der Waals surface area contributed by atoms with Gasteiger partial charge in [0.15, 0.2) is 0 Å². The summed E-state index contributed by atoms with van der Waals surface area (Å²) in [6, 6.07) is 8.30. The monoisotopic (exact) mass is 340 g/mol. The predicted octanol–water partition coefficient (Wildman–Crippen LogP) is 3.91. The van der Waals surface area contributed by atoms with Crippen LogP contribution in [0.25, 0.3) is 10.9 Å². The summed E-state index contributed by atoms with van der Waals surface area (Å²) in [7, 11) is 1.83. The molecule has 4 rings (SSSR count). The molecular weight excluding hydrogens is 312 g/mol. The fraction of sp³-hybridized carbons (Fsp3) is 0.571. The van der Waals surface area contributed by atoms with Crippen molar-refractivity contribution in [1.29, 1.82) is 0 Å². The number of nitrogens with zero attached hydrogens (tertiary/aromatic N) is 1. The van der Waals surface area contributed by atoms with Gasteiger partial charge in [-0.1, -0.05) is 24.6 Å². The van der Waals surface area contributed by atoms with Crippen LogP contribution >= 0.6 is 0 Å². The van der Waals surface area contributed by atoms with Crippen molar-refractivity contribution in [3.8, 4) is 0 Å². The Kier molecular flexibility index (Phi) is 4.55. The largest absolute Gasteiger partial charge is 0.381 e. The molecule has 2 atom stereocenters. The van der Waals surface area contributed by atoms with E-state index in [1.54, 1.807) is 0 Å². The van der Waals surface area contributed by atoms with Crippen molar-refractivity contribution in [2.45, 2.75) is 51.0 Å². The Balaban J connectivity index is 1.41. The fourth-order valence-corrected chi connectivity index (χ4v) is 5.05. The molecule has 1 saturated heterocycles. The van der Waals surface area contributed by atoms with Crippen molar-refractivity contribution < 1.29 is 9.53 Å². The molecular formula is C21H28N2O2. The zero-order valence-electron chi connectivity index (χ0n) is 15.1. The number of para-hydroxylation sites is 1. The molecule has 2 aromatic rings. The fourth-order valence-electron chi connectivity index (χ4n) is 5.05. The molecule has 1 aliphatic heterocycles. The van der Waals surface area contributed by atoms with Crippen molar-refractivity contribution in [2.24, 2.45) is 5.41 Å². The van der Waals surface area contributed by atoms with E-state index in [-0.39, 0.29) is 5.41 Å². The number of nitrogens with one attached hydrogen (secondary N) is 1. The number of amides is 1. The van der Waals surface area contributed by atoms with Gasteiger partial charge in [-0.05, 0) is 43.7 Å². The summed E-state index contributed by atoms with van der Waals surface area (Å²) >= 11 is 0. The summed E-state index contributed by atoms with van der Waals surface area (Å²) in [6.07, 6.45) is 9.68. The summed E-state index contributed by atoms with van der Waals surface area (Å²) in [4.78, 5) is 18.2. The third kappa shape index (κ3) is 3.08. The number of H-pyrrole nitrogens is 1. The minimum atomic E-state index is 0.212. The summed E-state index contributed by atoms with van der Waals surface area (Å²) in [5, 5.41) is 1.24. The molecule has 134 valence electrons. The number of rotatable bonds is 4. The van der Waals surface area contributed by atoms with E-state index < -0.39 is 0 Å². The summed E-state index contributed by atoms with van der Waals surface area (Å²) < 4.78 is 5.76. The number of methoxy groups -OCH3 is 1. The lowest BCUT2D eigenvalue weighted by Crippen LogP contribution is -2.49. The number of aromatic amines is 1. The standard InChI is InChI=1S/C21H28N2O2/c1-25-19-8-4-11-21(19)12-5-13-23(15-21)20(24)10-9-16-14-22-18-7-3-2-6-17(16)18/h2-3,6-7,14,19,22H,4-5,8-13,15H2,1H3/t19-,21+/m1/s1. The summed E-state index contributed by atoms with van der Waals surface area (Å²) in [5.41, 5.74) is 2.60. The van der Waals surface area contributed by atoms with Gasteiger partial charge in [-0.2, -0.15) is 0 Å². The number of aromatic nitrogens is 1. The van der Waals surface area contributed by atoms with Crippen molar-refractivity contribution in [3.63, 3.8) is 0 Å². The lowest BCUT2D eigenvalue weighted by atomic mass is 9.76. The molecule has 4 heteroatoms. The topological polar surface area (TPSA) is 45.3 Å². The number of fused-ring (bicyclic) bond motifs is 1. The van der Waals surface area contributed by atoms with Gasteiger partial charge in [0.2, 0.25) is 5.91 Å². The zero-order valence-corrected chi connectivity index (χ0v) is 15.1. The van der Waals surface area contributed by atoms with Crippen LogP contribution in [0.2, 0.25) is 0 Å². The van der Waals surface area contributed by atoms with Crippen LogP contribution in [0.4, 0.5) is 0 Å². The lowest BCUT2D eigenvalue weighted by Gasteiger charge is -2.43. The maximum Gasteiger partial charge on any atom is 0.222 e. The second kappa shape index (κ2) is 6.83. The number of hydrogen-bond donors (Lipinski definition) is 1. The zero-order chi connectivity index (χ0) is 17.3. The van der Waals surface area contributed by atoms with E-state index in [0.717, 1.165) is 37.9 Å². The first-order valence-electron chi connectivity index (χ1n) is 9.57. The highest BCUT2D eigenvalue weighted by atomic mass is 16.5. The maximum absolute atomic E-state index is 12.8. The van der Waals surface area contributed by atoms with Gasteiger partial charge in [0.25, 0.3) is 0 Å². The van der Waals surface area contributed by atoms with Crippen LogP contribution < -0.4 is 0 Å². The van der Waals surface area contributed by atoms with Gasteiger partial charge in [0, 0.05) is 49.1 Å². The van der Waals surface area contributed by atoms with E-state index in [9.17, 15) is 4.79 Å². The van der Waals surface area contributed by atoms with E-state index in [1.165, 1.54) is 30.2 Å². The molecule has 1 amide bonds. The Morgan fingerprint density at radius 3 is 3.04 bits per heavy atom. The first kappa shape index (κ1) is 16.6. The molecule has 25 heavy (non-hydrogen) atoms. The van der Waals surface area contributed by atoms with E-state index in [2.05, 4.69) is 28.1 Å². The second-order valence-electron chi connectivity index (χ2n) is 7.76. The van der Waals surface area contributed by atoms with Crippen LogP contribution in [0.5, 0.6) is 0 Å². The number of carbonyl (C=O) groups excluding carboxylic acids is 1. The Bertz CT molecular complexity index is 753. The smallest absolute Gasteiger partial charge is 0.222 e. The van der Waals surface area contributed by atoms with E-state index >= 15 is 0 Å². The third-order valence-corrected chi connectivity index (χ3v) is 6.35. The van der Waals surface area contributed by atoms with E-state index in [4.69, 9.17) is 4.74 Å². The molecule has 1 spiro atoms. The molecule has 2 fully saturated rings. The SMILES string of the molecule is CO[C@@H]1CCC[C@@]12CCCN(C(=O)CCc1c[nH]c3ccccc13)C2. The average molecular weight is 340 g/mol. The molecule has 0 radical (unpaired) electrons. The highest BCUT2D eigenvalue weighted by molar-refractivity contribution is 5.84. The number of aryl methyl sites for hydroxylation is 1. The first-order valence-corrected chi connectivity index (χ1v) is 9.57. The van der Waals surface area contributed by atoms with Gasteiger partial charge in [-0.15, -0.1) is 0 Å². The lowest BCUT2D eigenvalue weighted by molar-refractivity contribution is -0.137. The van der Waals surface area contributed by atoms with Gasteiger partial charge in [-0.25, -0.2) is 0 Å². The summed E-state index contributed by atoms with van der Waals surface area (Å²) in [5.74, 6) is 0.297. The Morgan fingerprint density at radius 2 is 2.16 bits per heavy atom. The number of likely N-dealkylation sites (tertiary alicyclic amines) is 1. The molecule has 0 unspecified atom stereocenters. The van der Waals surface area contributed by atoms with Gasteiger partial charge < -0.3 is 14.6 Å². The number of ether oxygens (including phenoxy) is 1. The normalized spacial score (nSPS) is 26.6. The molecule has 4 nitrogen and oxygen atoms in total. The Hall–Kier alpha value is -1.81. The molecule has 1 saturated carbocycles. The van der Waals surface area contributed by atoms with Crippen molar-refractivity contribution in [2.75, 3.05) is 20.2 Å². The van der Waals surface area contributed by atoms with Crippen molar-refractivity contribution in [1.82, 2.24) is 9.88 Å². The van der Waals surface area contributed by atoms with Crippen molar-refractivity contribution in [3.05, 3.63) is 36.0 Å². The minimum Gasteiger partial charge on any atom is -0.381 e. The molecule has 1 aliphatic carbocycles. The number of carbonyl (C=O) groups is 1. The molecule has 1 aromatic heterocycles. The van der Waals surface area contributed by atoms with Gasteiger partial charge in [-0.3, -0.25) is 4.79 Å². The minimum absolute atomic E-state index is 0.212. The number of hydrogen-bond acceptors (Lipinski definition) is 2. The third-order valence-electron chi connectivity index (χ3n) is 6.35. The van der Waals surface area contributed by atoms with Crippen LogP contribution in [0, 0.1) is 5.41 Å². The second-order valence-corrected chi connectivity index (χ2v) is 7.76. The van der Waals surface area contributed by atoms with Gasteiger partial charge in [0.1, 0.15) is 0 Å². The maximum atomic E-state index is 12.8. The van der Waals surface area contributed by atoms with E-state index in [0.29, 0.717) is 18.4 Å². The molecule has 2 aliphatic rings. The van der Waals surface area contributed by atoms with Crippen LogP contribution in [0.1, 0.15) is 44.1 Å². The quantitative estimate of drug-likeness (QED) is 0.917. The first-order chi connectivity index (χ1) is 12.2. The van der Waals surface area contributed by atoms with E-state index in [1.807, 2.05) is 19.4 Å².